The molecule has 0 heteroatoms. The number of benzene rings is 2. The van der Waals surface area contributed by atoms with Crippen molar-refractivity contribution in [1.82, 2.24) is 0 Å². The molecule has 0 aliphatic heterocycles. The zero-order valence-electron chi connectivity index (χ0n) is 25.8. The molecule has 0 nitrogen and oxygen atoms in total. The molecule has 210 valence electrons. The Bertz CT molecular complexity index is 1210. The molecular formula is C39H54. The van der Waals surface area contributed by atoms with Gasteiger partial charge in [0.2, 0.25) is 0 Å². The van der Waals surface area contributed by atoms with Gasteiger partial charge in [0.1, 0.15) is 0 Å². The van der Waals surface area contributed by atoms with Crippen molar-refractivity contribution in [3.05, 3.63) is 76.4 Å². The molecule has 0 saturated heterocycles. The van der Waals surface area contributed by atoms with E-state index in [4.69, 9.17) is 0 Å². The van der Waals surface area contributed by atoms with Crippen molar-refractivity contribution < 1.29 is 0 Å². The molecule has 3 unspecified atom stereocenters. The fourth-order valence-corrected chi connectivity index (χ4v) is 8.33. The molecule has 39 heavy (non-hydrogen) atoms. The highest BCUT2D eigenvalue weighted by Gasteiger charge is 2.48. The summed E-state index contributed by atoms with van der Waals surface area (Å²) in [6.45, 7) is 12.1. The molecule has 0 amide bonds. The van der Waals surface area contributed by atoms with Crippen molar-refractivity contribution in [2.45, 2.75) is 142 Å². The summed E-state index contributed by atoms with van der Waals surface area (Å²) in [7, 11) is 0. The predicted octanol–water partition coefficient (Wildman–Crippen LogP) is 12.1. The van der Waals surface area contributed by atoms with Crippen molar-refractivity contribution in [2.24, 2.45) is 5.92 Å². The third-order valence-electron chi connectivity index (χ3n) is 10.8. The highest BCUT2D eigenvalue weighted by atomic mass is 14.5. The summed E-state index contributed by atoms with van der Waals surface area (Å²) in [4.78, 5) is 0. The Morgan fingerprint density at radius 2 is 1.26 bits per heavy atom. The van der Waals surface area contributed by atoms with Gasteiger partial charge in [0.15, 0.2) is 0 Å². The third kappa shape index (κ3) is 5.35. The van der Waals surface area contributed by atoms with Crippen LogP contribution >= 0.6 is 0 Å². The minimum Gasteiger partial charge on any atom is -0.0727 e. The number of allylic oxidation sites excluding steroid dienone is 4. The van der Waals surface area contributed by atoms with Crippen LogP contribution in [0.4, 0.5) is 0 Å². The molecule has 0 heterocycles. The van der Waals surface area contributed by atoms with Crippen LogP contribution in [0.2, 0.25) is 0 Å². The van der Waals surface area contributed by atoms with E-state index < -0.39 is 0 Å². The highest BCUT2D eigenvalue weighted by Crippen LogP contribution is 2.60. The highest BCUT2D eigenvalue weighted by molar-refractivity contribution is 5.88. The Hall–Kier alpha value is -2.08. The van der Waals surface area contributed by atoms with Gasteiger partial charge in [-0.15, -0.1) is 0 Å². The second-order valence-corrected chi connectivity index (χ2v) is 13.7. The maximum Gasteiger partial charge on any atom is 0.0187 e. The Morgan fingerprint density at radius 1 is 0.641 bits per heavy atom. The molecule has 0 radical (unpaired) electrons. The lowest BCUT2D eigenvalue weighted by atomic mass is 9.68. The van der Waals surface area contributed by atoms with Gasteiger partial charge in [-0.25, -0.2) is 0 Å². The number of rotatable bonds is 14. The first kappa shape index (κ1) is 28.4. The Labute approximate surface area is 240 Å². The fraction of sp³-hybridized carbons (Fsp3) is 0.590. The topological polar surface area (TPSA) is 0 Å². The number of hydrogen-bond acceptors (Lipinski definition) is 0. The van der Waals surface area contributed by atoms with Crippen LogP contribution in [0.1, 0.15) is 153 Å². The van der Waals surface area contributed by atoms with Crippen LogP contribution in [-0.2, 0) is 10.8 Å². The van der Waals surface area contributed by atoms with Crippen LogP contribution in [0.5, 0.6) is 0 Å². The molecule has 0 fully saturated rings. The van der Waals surface area contributed by atoms with E-state index in [1.54, 1.807) is 33.4 Å². The quantitative estimate of drug-likeness (QED) is 0.216. The van der Waals surface area contributed by atoms with Crippen LogP contribution in [0.25, 0.3) is 16.7 Å². The minimum atomic E-state index is 0.125. The lowest BCUT2D eigenvalue weighted by Gasteiger charge is -2.35. The van der Waals surface area contributed by atoms with Crippen molar-refractivity contribution in [3.63, 3.8) is 0 Å². The van der Waals surface area contributed by atoms with E-state index >= 15 is 0 Å². The molecule has 3 atom stereocenters. The van der Waals surface area contributed by atoms with E-state index in [2.05, 4.69) is 83.2 Å². The molecule has 0 N–H and O–H groups in total. The standard InChI is InChI=1S/C39H54/c1-6-8-10-12-14-18-24-38(4)34-21-17-16-20-30(34)32-27-37-33(28-36(32)38)31-23-22-29(3)26-35(31)39(37,5)25-19-15-13-11-9-7-2/h16-17,20-23,27-28,35H,6-15,18-19,24-26H2,1-5H3. The van der Waals surface area contributed by atoms with Crippen LogP contribution in [0.15, 0.2) is 54.1 Å². The first-order valence-corrected chi connectivity index (χ1v) is 16.6. The molecule has 0 spiro atoms. The number of fused-ring (bicyclic) bond motifs is 6. The van der Waals surface area contributed by atoms with Gasteiger partial charge in [0.05, 0.1) is 0 Å². The van der Waals surface area contributed by atoms with Crippen molar-refractivity contribution >= 4 is 5.57 Å². The van der Waals surface area contributed by atoms with Crippen molar-refractivity contribution in [3.8, 4) is 11.1 Å². The summed E-state index contributed by atoms with van der Waals surface area (Å²) < 4.78 is 0. The van der Waals surface area contributed by atoms with Gasteiger partial charge >= 0.3 is 0 Å². The van der Waals surface area contributed by atoms with Gasteiger partial charge in [-0.1, -0.05) is 147 Å². The maximum atomic E-state index is 2.68. The minimum absolute atomic E-state index is 0.125. The fourth-order valence-electron chi connectivity index (χ4n) is 8.33. The summed E-state index contributed by atoms with van der Waals surface area (Å²) in [5.74, 6) is 0.635. The Morgan fingerprint density at radius 3 is 1.97 bits per heavy atom. The van der Waals surface area contributed by atoms with E-state index in [1.807, 2.05) is 0 Å². The molecule has 2 aromatic rings. The third-order valence-corrected chi connectivity index (χ3v) is 10.8. The average molecular weight is 523 g/mol. The summed E-state index contributed by atoms with van der Waals surface area (Å²) >= 11 is 0. The molecule has 0 saturated carbocycles. The van der Waals surface area contributed by atoms with Gasteiger partial charge in [-0.3, -0.25) is 0 Å². The number of hydrogen-bond donors (Lipinski definition) is 0. The van der Waals surface area contributed by atoms with Crippen LogP contribution in [0.3, 0.4) is 0 Å². The van der Waals surface area contributed by atoms with Crippen LogP contribution < -0.4 is 0 Å². The molecule has 5 rings (SSSR count). The maximum absolute atomic E-state index is 2.68. The smallest absolute Gasteiger partial charge is 0.0187 e. The molecule has 0 bridgehead atoms. The summed E-state index contributed by atoms with van der Waals surface area (Å²) in [6.07, 6.45) is 25.2. The zero-order valence-corrected chi connectivity index (χ0v) is 25.8. The normalized spacial score (nSPS) is 24.6. The summed E-state index contributed by atoms with van der Waals surface area (Å²) in [5.41, 5.74) is 13.0. The van der Waals surface area contributed by atoms with Gasteiger partial charge in [-0.05, 0) is 83.2 Å². The SMILES string of the molecule is CCCCCCCCC1(C)c2ccccc2-c2cc3c(cc21)C1=CC=C(C)CC1C3(C)CCCCCCCC. The lowest BCUT2D eigenvalue weighted by Crippen LogP contribution is -2.29. The monoisotopic (exact) mass is 522 g/mol. The summed E-state index contributed by atoms with van der Waals surface area (Å²) in [5, 5.41) is 0. The van der Waals surface area contributed by atoms with Gasteiger partial charge < -0.3 is 0 Å². The Kier molecular flexibility index (Phi) is 8.90. The average Bonchev–Trinajstić information content (AvgIpc) is 3.33. The lowest BCUT2D eigenvalue weighted by molar-refractivity contribution is 0.330. The second-order valence-electron chi connectivity index (χ2n) is 13.7. The largest absolute Gasteiger partial charge is 0.0727 e. The van der Waals surface area contributed by atoms with E-state index in [1.165, 1.54) is 107 Å². The molecule has 3 aliphatic rings. The van der Waals surface area contributed by atoms with E-state index in [0.717, 1.165) is 0 Å². The zero-order chi connectivity index (χ0) is 27.5. The Balaban J connectivity index is 1.48. The van der Waals surface area contributed by atoms with Crippen LogP contribution in [0, 0.1) is 5.92 Å². The van der Waals surface area contributed by atoms with Crippen molar-refractivity contribution in [1.29, 1.82) is 0 Å². The first-order valence-electron chi connectivity index (χ1n) is 16.6. The molecular weight excluding hydrogens is 468 g/mol. The van der Waals surface area contributed by atoms with E-state index in [-0.39, 0.29) is 10.8 Å². The first-order chi connectivity index (χ1) is 18.9. The van der Waals surface area contributed by atoms with Crippen molar-refractivity contribution in [2.75, 3.05) is 0 Å². The van der Waals surface area contributed by atoms with Gasteiger partial charge in [0, 0.05) is 10.8 Å². The number of unbranched alkanes of at least 4 members (excludes halogenated alkanes) is 10. The summed E-state index contributed by atoms with van der Waals surface area (Å²) in [6, 6.07) is 14.7. The predicted molar refractivity (Wildman–Crippen MR) is 172 cm³/mol. The molecule has 0 aromatic heterocycles. The second kappa shape index (κ2) is 12.2. The van der Waals surface area contributed by atoms with Crippen LogP contribution in [-0.4, -0.2) is 0 Å². The molecule has 2 aromatic carbocycles. The van der Waals surface area contributed by atoms with E-state index in [9.17, 15) is 0 Å². The van der Waals surface area contributed by atoms with Gasteiger partial charge in [-0.2, -0.15) is 0 Å². The van der Waals surface area contributed by atoms with E-state index in [0.29, 0.717) is 5.92 Å². The molecule has 3 aliphatic carbocycles. The van der Waals surface area contributed by atoms with Gasteiger partial charge in [0.25, 0.3) is 0 Å².